The first-order valence-electron chi connectivity index (χ1n) is 4.86. The van der Waals surface area contributed by atoms with E-state index in [0.29, 0.717) is 11.5 Å². The van der Waals surface area contributed by atoms with Gasteiger partial charge in [0, 0.05) is 6.54 Å². The monoisotopic (exact) mass is 245 g/mol. The standard InChI is InChI=1S/C10H12ClNO2S/c11-9-8(1-3-14-9)10(13)12-5-7-2-4-15-6-7/h1,3,7H,2,4-6H2,(H,12,13). The average molecular weight is 246 g/mol. The van der Waals surface area contributed by atoms with Crippen molar-refractivity contribution in [1.82, 2.24) is 5.32 Å². The molecule has 1 amide bonds. The maximum atomic E-state index is 11.6. The number of carbonyl (C=O) groups excluding carboxylic acids is 1. The van der Waals surface area contributed by atoms with Gasteiger partial charge in [0.25, 0.3) is 5.91 Å². The Bertz CT molecular complexity index is 347. The van der Waals surface area contributed by atoms with Crippen molar-refractivity contribution in [3.05, 3.63) is 23.1 Å². The van der Waals surface area contributed by atoms with Gasteiger partial charge < -0.3 is 9.73 Å². The molecule has 1 saturated heterocycles. The smallest absolute Gasteiger partial charge is 0.256 e. The van der Waals surface area contributed by atoms with Crippen LogP contribution in [0, 0.1) is 5.92 Å². The van der Waals surface area contributed by atoms with E-state index in [-0.39, 0.29) is 11.1 Å². The molecule has 0 aliphatic carbocycles. The van der Waals surface area contributed by atoms with Crippen molar-refractivity contribution in [1.29, 1.82) is 0 Å². The van der Waals surface area contributed by atoms with Gasteiger partial charge in [-0.05, 0) is 41.5 Å². The molecule has 2 heterocycles. The van der Waals surface area contributed by atoms with Crippen molar-refractivity contribution in [2.24, 2.45) is 5.92 Å². The molecule has 1 atom stereocenters. The minimum absolute atomic E-state index is 0.148. The molecule has 15 heavy (non-hydrogen) atoms. The van der Waals surface area contributed by atoms with E-state index in [1.165, 1.54) is 18.4 Å². The molecule has 0 aromatic carbocycles. The number of nitrogens with one attached hydrogen (secondary N) is 1. The van der Waals surface area contributed by atoms with Crippen LogP contribution >= 0.6 is 23.4 Å². The average Bonchev–Trinajstić information content (AvgIpc) is 2.84. The first-order valence-corrected chi connectivity index (χ1v) is 6.39. The molecular weight excluding hydrogens is 234 g/mol. The number of hydrogen-bond acceptors (Lipinski definition) is 3. The zero-order valence-corrected chi connectivity index (χ0v) is 9.74. The molecule has 1 aromatic rings. The van der Waals surface area contributed by atoms with Crippen molar-refractivity contribution >= 4 is 29.3 Å². The summed E-state index contributed by atoms with van der Waals surface area (Å²) >= 11 is 7.64. The van der Waals surface area contributed by atoms with E-state index in [1.807, 2.05) is 11.8 Å². The Hall–Kier alpha value is -0.610. The Kier molecular flexibility index (Phi) is 3.59. The van der Waals surface area contributed by atoms with E-state index < -0.39 is 0 Å². The molecule has 1 aliphatic heterocycles. The van der Waals surface area contributed by atoms with Gasteiger partial charge in [0.1, 0.15) is 0 Å². The van der Waals surface area contributed by atoms with Crippen LogP contribution < -0.4 is 5.32 Å². The number of furan rings is 1. The van der Waals surface area contributed by atoms with Crippen LogP contribution in [0.4, 0.5) is 0 Å². The molecule has 0 saturated carbocycles. The number of carbonyl (C=O) groups is 1. The Morgan fingerprint density at radius 2 is 2.60 bits per heavy atom. The topological polar surface area (TPSA) is 42.2 Å². The number of hydrogen-bond donors (Lipinski definition) is 1. The molecular formula is C10H12ClNO2S. The van der Waals surface area contributed by atoms with E-state index in [1.54, 1.807) is 6.07 Å². The van der Waals surface area contributed by atoms with E-state index in [2.05, 4.69) is 5.32 Å². The van der Waals surface area contributed by atoms with Crippen molar-refractivity contribution in [2.45, 2.75) is 6.42 Å². The first-order chi connectivity index (χ1) is 7.27. The molecule has 1 aromatic heterocycles. The maximum absolute atomic E-state index is 11.6. The largest absolute Gasteiger partial charge is 0.452 e. The van der Waals surface area contributed by atoms with Crippen molar-refractivity contribution in [3.63, 3.8) is 0 Å². The SMILES string of the molecule is O=C(NCC1CCSC1)c1ccoc1Cl. The van der Waals surface area contributed by atoms with Gasteiger partial charge in [-0.15, -0.1) is 0 Å². The quantitative estimate of drug-likeness (QED) is 0.889. The minimum Gasteiger partial charge on any atom is -0.452 e. The second kappa shape index (κ2) is 4.94. The molecule has 3 nitrogen and oxygen atoms in total. The van der Waals surface area contributed by atoms with E-state index in [0.717, 1.165) is 12.3 Å². The number of halogens is 1. The summed E-state index contributed by atoms with van der Waals surface area (Å²) in [4.78, 5) is 11.6. The summed E-state index contributed by atoms with van der Waals surface area (Å²) in [6, 6.07) is 1.58. The third kappa shape index (κ3) is 2.69. The van der Waals surface area contributed by atoms with Gasteiger partial charge in [-0.25, -0.2) is 0 Å². The van der Waals surface area contributed by atoms with Crippen LogP contribution in [0.5, 0.6) is 0 Å². The van der Waals surface area contributed by atoms with E-state index in [9.17, 15) is 4.79 Å². The highest BCUT2D eigenvalue weighted by Crippen LogP contribution is 2.23. The van der Waals surface area contributed by atoms with Crippen LogP contribution in [0.2, 0.25) is 5.22 Å². The second-order valence-corrected chi connectivity index (χ2v) is 5.04. The van der Waals surface area contributed by atoms with Crippen molar-refractivity contribution < 1.29 is 9.21 Å². The summed E-state index contributed by atoms with van der Waals surface area (Å²) in [5.74, 6) is 2.79. The fraction of sp³-hybridized carbons (Fsp3) is 0.500. The third-order valence-corrected chi connectivity index (χ3v) is 3.96. The third-order valence-electron chi connectivity index (χ3n) is 2.44. The maximum Gasteiger partial charge on any atom is 0.256 e. The molecule has 1 N–H and O–H groups in total. The molecule has 0 radical (unpaired) electrons. The van der Waals surface area contributed by atoms with Crippen molar-refractivity contribution in [3.8, 4) is 0 Å². The highest BCUT2D eigenvalue weighted by molar-refractivity contribution is 7.99. The summed E-state index contributed by atoms with van der Waals surface area (Å²) in [6.07, 6.45) is 2.60. The van der Waals surface area contributed by atoms with Gasteiger partial charge in [-0.2, -0.15) is 11.8 Å². The van der Waals surface area contributed by atoms with Crippen LogP contribution in [0.1, 0.15) is 16.8 Å². The summed E-state index contributed by atoms with van der Waals surface area (Å²) in [5, 5.41) is 3.03. The number of thioether (sulfide) groups is 1. The highest BCUT2D eigenvalue weighted by Gasteiger charge is 2.18. The molecule has 1 unspecified atom stereocenters. The highest BCUT2D eigenvalue weighted by atomic mass is 35.5. The van der Waals surface area contributed by atoms with Gasteiger partial charge in [0.05, 0.1) is 11.8 Å². The van der Waals surface area contributed by atoms with Gasteiger partial charge in [0.2, 0.25) is 5.22 Å². The lowest BCUT2D eigenvalue weighted by molar-refractivity contribution is 0.0948. The fourth-order valence-corrected chi connectivity index (χ4v) is 3.02. The normalized spacial score (nSPS) is 20.5. The van der Waals surface area contributed by atoms with Gasteiger partial charge in [-0.3, -0.25) is 4.79 Å². The lowest BCUT2D eigenvalue weighted by atomic mass is 10.1. The van der Waals surface area contributed by atoms with Crippen LogP contribution in [0.25, 0.3) is 0 Å². The molecule has 2 rings (SSSR count). The fourth-order valence-electron chi connectivity index (χ4n) is 1.53. The van der Waals surface area contributed by atoms with Crippen LogP contribution in [0.3, 0.4) is 0 Å². The lowest BCUT2D eigenvalue weighted by Gasteiger charge is -2.08. The number of rotatable bonds is 3. The van der Waals surface area contributed by atoms with E-state index in [4.69, 9.17) is 16.0 Å². The second-order valence-electron chi connectivity index (χ2n) is 3.55. The van der Waals surface area contributed by atoms with Gasteiger partial charge in [-0.1, -0.05) is 0 Å². The van der Waals surface area contributed by atoms with Crippen LogP contribution in [-0.4, -0.2) is 24.0 Å². The summed E-state index contributed by atoms with van der Waals surface area (Å²) in [7, 11) is 0. The number of amides is 1. The molecule has 0 bridgehead atoms. The summed E-state index contributed by atoms with van der Waals surface area (Å²) in [5.41, 5.74) is 0.419. The molecule has 0 spiro atoms. The zero-order valence-electron chi connectivity index (χ0n) is 8.16. The van der Waals surface area contributed by atoms with Crippen molar-refractivity contribution in [2.75, 3.05) is 18.1 Å². The predicted molar refractivity (Wildman–Crippen MR) is 61.5 cm³/mol. The lowest BCUT2D eigenvalue weighted by Crippen LogP contribution is -2.29. The molecule has 82 valence electrons. The first kappa shape index (κ1) is 10.9. The summed E-state index contributed by atoms with van der Waals surface area (Å²) < 4.78 is 4.86. The molecule has 5 heteroatoms. The van der Waals surface area contributed by atoms with Crippen LogP contribution in [0.15, 0.2) is 16.7 Å². The minimum atomic E-state index is -0.148. The zero-order chi connectivity index (χ0) is 10.7. The van der Waals surface area contributed by atoms with E-state index >= 15 is 0 Å². The Balaban J connectivity index is 1.84. The van der Waals surface area contributed by atoms with Gasteiger partial charge >= 0.3 is 0 Å². The Morgan fingerprint density at radius 3 is 3.20 bits per heavy atom. The van der Waals surface area contributed by atoms with Gasteiger partial charge in [0.15, 0.2) is 0 Å². The Labute approximate surface area is 97.5 Å². The Morgan fingerprint density at radius 1 is 1.73 bits per heavy atom. The molecule has 1 fully saturated rings. The predicted octanol–water partition coefficient (Wildman–Crippen LogP) is 2.42. The molecule has 1 aliphatic rings. The van der Waals surface area contributed by atoms with Crippen LogP contribution in [-0.2, 0) is 0 Å². The summed E-state index contributed by atoms with van der Waals surface area (Å²) in [6.45, 7) is 0.730.